The zero-order chi connectivity index (χ0) is 23.9. The summed E-state index contributed by atoms with van der Waals surface area (Å²) in [7, 11) is 0. The minimum atomic E-state index is -0.369. The lowest BCUT2D eigenvalue weighted by Gasteiger charge is -2.23. The van der Waals surface area contributed by atoms with Crippen LogP contribution in [0.5, 0.6) is 0 Å². The number of furan rings is 1. The van der Waals surface area contributed by atoms with Crippen LogP contribution in [-0.2, 0) is 9.59 Å². The van der Waals surface area contributed by atoms with Gasteiger partial charge in [-0.05, 0) is 47.9 Å². The van der Waals surface area contributed by atoms with E-state index < -0.39 is 0 Å². The van der Waals surface area contributed by atoms with Crippen molar-refractivity contribution in [2.45, 2.75) is 6.42 Å². The molecule has 0 radical (unpaired) electrons. The van der Waals surface area contributed by atoms with Crippen LogP contribution in [-0.4, -0.2) is 17.7 Å². The molecule has 170 valence electrons. The van der Waals surface area contributed by atoms with Gasteiger partial charge in [-0.15, -0.1) is 0 Å². The van der Waals surface area contributed by atoms with Crippen LogP contribution in [0.3, 0.4) is 0 Å². The molecule has 7 nitrogen and oxygen atoms in total. The number of carbonyl (C=O) groups excluding carboxylic acids is 3. The van der Waals surface area contributed by atoms with Crippen molar-refractivity contribution in [3.05, 3.63) is 96.8 Å². The lowest BCUT2D eigenvalue weighted by atomic mass is 10.1. The summed E-state index contributed by atoms with van der Waals surface area (Å²) in [4.78, 5) is 39.7. The average molecular weight is 461 g/mol. The van der Waals surface area contributed by atoms with Gasteiger partial charge in [0.05, 0.1) is 11.4 Å². The molecule has 7 heteroatoms. The van der Waals surface area contributed by atoms with Gasteiger partial charge in [0.25, 0.3) is 5.91 Å². The molecule has 0 aliphatic carbocycles. The Kier molecular flexibility index (Phi) is 4.81. The van der Waals surface area contributed by atoms with Gasteiger partial charge < -0.3 is 15.1 Å². The van der Waals surface area contributed by atoms with Crippen molar-refractivity contribution >= 4 is 62.2 Å². The molecule has 3 amide bonds. The van der Waals surface area contributed by atoms with E-state index in [-0.39, 0.29) is 29.9 Å². The third-order valence-corrected chi connectivity index (χ3v) is 6.01. The molecular weight excluding hydrogens is 442 g/mol. The molecule has 0 atom stereocenters. The smallest absolute Gasteiger partial charge is 0.291 e. The Morgan fingerprint density at radius 1 is 0.857 bits per heavy atom. The van der Waals surface area contributed by atoms with E-state index in [1.54, 1.807) is 36.4 Å². The maximum atomic E-state index is 13.0. The Labute approximate surface area is 200 Å². The van der Waals surface area contributed by atoms with Crippen molar-refractivity contribution in [2.24, 2.45) is 0 Å². The molecule has 0 fully saturated rings. The van der Waals surface area contributed by atoms with Gasteiger partial charge in [-0.3, -0.25) is 19.3 Å². The maximum absolute atomic E-state index is 13.0. The van der Waals surface area contributed by atoms with Crippen LogP contribution in [0.25, 0.3) is 21.7 Å². The molecule has 4 aromatic carbocycles. The third kappa shape index (κ3) is 3.69. The highest BCUT2D eigenvalue weighted by molar-refractivity contribution is 6.21. The predicted octanol–water partition coefficient (Wildman–Crippen LogP) is 5.85. The first-order valence-electron chi connectivity index (χ1n) is 11.1. The normalized spacial score (nSPS) is 13.4. The Hall–Kier alpha value is -4.91. The molecule has 0 unspecified atom stereocenters. The maximum Gasteiger partial charge on any atom is 0.291 e. The number of carbonyl (C=O) groups is 3. The number of para-hydroxylation sites is 1. The molecule has 1 aliphatic heterocycles. The van der Waals surface area contributed by atoms with Crippen molar-refractivity contribution in [1.82, 2.24) is 0 Å². The van der Waals surface area contributed by atoms with E-state index in [0.29, 0.717) is 28.3 Å². The summed E-state index contributed by atoms with van der Waals surface area (Å²) in [5, 5.41) is 8.38. The number of anilines is 4. The molecule has 6 rings (SSSR count). The Balaban J connectivity index is 1.32. The van der Waals surface area contributed by atoms with Crippen molar-refractivity contribution in [3.63, 3.8) is 0 Å². The molecular formula is C28H19N3O4. The monoisotopic (exact) mass is 461 g/mol. The van der Waals surface area contributed by atoms with Crippen LogP contribution in [0.15, 0.2) is 95.4 Å². The molecule has 2 N–H and O–H groups in total. The molecule has 0 bridgehead atoms. The SMILES string of the molecule is O=C1CC(=O)N(c2ccc(NC(=O)c3cc4ccccc4o3)cc2)c2ccc3ccccc3c2N1. The fourth-order valence-corrected chi connectivity index (χ4v) is 4.38. The first-order chi connectivity index (χ1) is 17.1. The highest BCUT2D eigenvalue weighted by Crippen LogP contribution is 2.40. The van der Waals surface area contributed by atoms with E-state index in [4.69, 9.17) is 4.42 Å². The van der Waals surface area contributed by atoms with Crippen LogP contribution < -0.4 is 15.5 Å². The standard InChI is InChI=1S/C28H19N3O4/c32-25-16-26(33)31(22-14-9-17-5-1-3-7-21(17)27(22)30-25)20-12-10-19(11-13-20)29-28(34)24-15-18-6-2-4-8-23(18)35-24/h1-15H,16H2,(H,29,34)(H,30,32). The van der Waals surface area contributed by atoms with Gasteiger partial charge in [-0.1, -0.05) is 48.5 Å². The Morgan fingerprint density at radius 3 is 2.40 bits per heavy atom. The first kappa shape index (κ1) is 20.7. The minimum absolute atomic E-state index is 0.211. The zero-order valence-corrected chi connectivity index (χ0v) is 18.4. The average Bonchev–Trinajstić information content (AvgIpc) is 3.25. The molecule has 0 saturated carbocycles. The second kappa shape index (κ2) is 8.14. The second-order valence-corrected chi connectivity index (χ2v) is 8.28. The van der Waals surface area contributed by atoms with Crippen LogP contribution >= 0.6 is 0 Å². The van der Waals surface area contributed by atoms with E-state index in [2.05, 4.69) is 10.6 Å². The van der Waals surface area contributed by atoms with Crippen LogP contribution in [0, 0.1) is 0 Å². The lowest BCUT2D eigenvalue weighted by molar-refractivity contribution is -0.124. The summed E-state index contributed by atoms with van der Waals surface area (Å²) >= 11 is 0. The summed E-state index contributed by atoms with van der Waals surface area (Å²) < 4.78 is 5.63. The zero-order valence-electron chi connectivity index (χ0n) is 18.4. The molecule has 35 heavy (non-hydrogen) atoms. The van der Waals surface area contributed by atoms with Gasteiger partial charge in [-0.25, -0.2) is 0 Å². The predicted molar refractivity (Wildman–Crippen MR) is 135 cm³/mol. The van der Waals surface area contributed by atoms with E-state index in [0.717, 1.165) is 16.2 Å². The van der Waals surface area contributed by atoms with E-state index in [9.17, 15) is 14.4 Å². The molecule has 0 saturated heterocycles. The summed E-state index contributed by atoms with van der Waals surface area (Å²) in [6.07, 6.45) is -0.270. The van der Waals surface area contributed by atoms with Gasteiger partial charge in [0.2, 0.25) is 11.8 Å². The summed E-state index contributed by atoms with van der Waals surface area (Å²) in [5.74, 6) is -0.852. The van der Waals surface area contributed by atoms with E-state index >= 15 is 0 Å². The van der Waals surface area contributed by atoms with Gasteiger partial charge in [0.15, 0.2) is 5.76 Å². The van der Waals surface area contributed by atoms with E-state index in [1.807, 2.05) is 54.6 Å². The highest BCUT2D eigenvalue weighted by atomic mass is 16.3. The van der Waals surface area contributed by atoms with Crippen molar-refractivity contribution in [3.8, 4) is 0 Å². The number of amides is 3. The number of hydrogen-bond acceptors (Lipinski definition) is 4. The summed E-state index contributed by atoms with van der Waals surface area (Å²) in [6, 6.07) is 27.5. The second-order valence-electron chi connectivity index (χ2n) is 8.28. The summed E-state index contributed by atoms with van der Waals surface area (Å²) in [6.45, 7) is 0. The number of hydrogen-bond donors (Lipinski definition) is 2. The number of benzene rings is 4. The van der Waals surface area contributed by atoms with E-state index in [1.165, 1.54) is 4.90 Å². The number of nitrogens with zero attached hydrogens (tertiary/aromatic N) is 1. The summed E-state index contributed by atoms with van der Waals surface area (Å²) in [5.41, 5.74) is 2.97. The Bertz CT molecular complexity index is 1600. The molecule has 0 spiro atoms. The van der Waals surface area contributed by atoms with Crippen molar-refractivity contribution in [1.29, 1.82) is 0 Å². The molecule has 1 aromatic heterocycles. The fourth-order valence-electron chi connectivity index (χ4n) is 4.38. The number of fused-ring (bicyclic) bond motifs is 4. The van der Waals surface area contributed by atoms with Gasteiger partial charge in [0, 0.05) is 22.1 Å². The van der Waals surface area contributed by atoms with Crippen LogP contribution in [0.4, 0.5) is 22.7 Å². The Morgan fingerprint density at radius 2 is 1.60 bits per heavy atom. The van der Waals surface area contributed by atoms with Crippen molar-refractivity contribution < 1.29 is 18.8 Å². The number of rotatable bonds is 3. The van der Waals surface area contributed by atoms with Crippen molar-refractivity contribution in [2.75, 3.05) is 15.5 Å². The minimum Gasteiger partial charge on any atom is -0.451 e. The molecule has 5 aromatic rings. The first-order valence-corrected chi connectivity index (χ1v) is 11.1. The quantitative estimate of drug-likeness (QED) is 0.330. The van der Waals surface area contributed by atoms with Gasteiger partial charge >= 0.3 is 0 Å². The fraction of sp³-hybridized carbons (Fsp3) is 0.0357. The van der Waals surface area contributed by atoms with Gasteiger partial charge in [0.1, 0.15) is 12.0 Å². The van der Waals surface area contributed by atoms with Crippen LogP contribution in [0.2, 0.25) is 0 Å². The molecule has 1 aliphatic rings. The number of nitrogens with one attached hydrogen (secondary N) is 2. The lowest BCUT2D eigenvalue weighted by Crippen LogP contribution is -2.26. The largest absolute Gasteiger partial charge is 0.451 e. The van der Waals surface area contributed by atoms with Crippen LogP contribution in [0.1, 0.15) is 17.0 Å². The third-order valence-electron chi connectivity index (χ3n) is 6.01. The highest BCUT2D eigenvalue weighted by Gasteiger charge is 2.28. The van der Waals surface area contributed by atoms with Gasteiger partial charge in [-0.2, -0.15) is 0 Å². The topological polar surface area (TPSA) is 91.7 Å². The molecule has 2 heterocycles.